The summed E-state index contributed by atoms with van der Waals surface area (Å²) >= 11 is 0. The number of aliphatic hydroxyl groups is 3. The van der Waals surface area contributed by atoms with Gasteiger partial charge in [0, 0.05) is 36.7 Å². The van der Waals surface area contributed by atoms with Gasteiger partial charge in [-0.05, 0) is 67.7 Å². The lowest BCUT2D eigenvalue weighted by molar-refractivity contribution is -0.343. The summed E-state index contributed by atoms with van der Waals surface area (Å²) in [6.07, 6.45) is 6.14. The lowest BCUT2D eigenvalue weighted by atomic mass is 9.44. The molecule has 0 radical (unpaired) electrons. The molecule has 4 fully saturated rings. The molecule has 1 amide bonds. The highest BCUT2D eigenvalue weighted by molar-refractivity contribution is 5.96. The summed E-state index contributed by atoms with van der Waals surface area (Å²) in [5.41, 5.74) is -7.55. The number of esters is 3. The fourth-order valence-electron chi connectivity index (χ4n) is 13.6. The Kier molecular flexibility index (Phi) is 22.3. The monoisotopic (exact) mass is 1180 g/mol. The third-order valence-electron chi connectivity index (χ3n) is 18.6. The minimum absolute atomic E-state index is 0.0311. The third kappa shape index (κ3) is 14.7. The smallest absolute Gasteiger partial charge is 0.455 e. The predicted molar refractivity (Wildman–Crippen MR) is 313 cm³/mol. The fourth-order valence-corrected chi connectivity index (χ4v) is 13.6. The number of hydrogen-bond acceptors (Lipinski definition) is 17. The number of carbonyl (C=O) groups is 6. The van der Waals surface area contributed by atoms with E-state index in [1.54, 1.807) is 92.7 Å². The van der Waals surface area contributed by atoms with Gasteiger partial charge < -0.3 is 58.5 Å². The number of fused-ring (bicyclic) bond motifs is 5. The van der Waals surface area contributed by atoms with Gasteiger partial charge in [0.2, 0.25) is 6.10 Å². The normalized spacial score (nSPS) is 29.1. The van der Waals surface area contributed by atoms with Crippen LogP contribution in [0.3, 0.4) is 0 Å². The van der Waals surface area contributed by atoms with E-state index in [0.29, 0.717) is 12.0 Å². The van der Waals surface area contributed by atoms with Gasteiger partial charge in [0.15, 0.2) is 18.2 Å². The number of Topliss-reactive ketones (excluding diaryl/α,β-unsaturated/α-hetero) is 1. The van der Waals surface area contributed by atoms with Crippen molar-refractivity contribution >= 4 is 35.8 Å². The van der Waals surface area contributed by atoms with Crippen LogP contribution in [-0.2, 0) is 52.3 Å². The van der Waals surface area contributed by atoms with Crippen LogP contribution in [0.2, 0.25) is 0 Å². The first-order valence-corrected chi connectivity index (χ1v) is 30.9. The summed E-state index contributed by atoms with van der Waals surface area (Å²) in [4.78, 5) is 86.9. The molecule has 0 spiro atoms. The Labute approximate surface area is 500 Å². The molecule has 2 bridgehead atoms. The maximum Gasteiger partial charge on any atom is 0.509 e. The van der Waals surface area contributed by atoms with Crippen molar-refractivity contribution in [2.45, 2.75) is 223 Å². The highest BCUT2D eigenvalue weighted by Gasteiger charge is 2.77. The molecule has 3 aliphatic carbocycles. The van der Waals surface area contributed by atoms with Gasteiger partial charge in [0.25, 0.3) is 5.91 Å². The first-order valence-electron chi connectivity index (χ1n) is 30.9. The van der Waals surface area contributed by atoms with E-state index in [4.69, 9.17) is 37.9 Å². The number of rotatable bonds is 28. The second kappa shape index (κ2) is 29.1. The molecule has 18 nitrogen and oxygen atoms in total. The summed E-state index contributed by atoms with van der Waals surface area (Å²) in [6.45, 7) is 8.83. The molecule has 2 saturated heterocycles. The van der Waals surface area contributed by atoms with Crippen LogP contribution in [0, 0.1) is 16.7 Å². The molecule has 2 heterocycles. The summed E-state index contributed by atoms with van der Waals surface area (Å²) in [5.74, 6) is -6.24. The Morgan fingerprint density at radius 2 is 1.29 bits per heavy atom. The van der Waals surface area contributed by atoms with Crippen LogP contribution in [0.15, 0.2) is 102 Å². The standard InChI is InChI=1S/C67H89NO17/c1-7-8-9-10-11-12-13-14-15-16-17-18-19-20-30-37-52-78-40-48(82-52)41-79-63(75)84-56(54(45-31-24-21-25-32-45)68-60(72)46-33-26-22-27-34-46)62(74)83-49-39-67(77)59(85-61(73)47-35-28-23-29-36-47)57-65(6,50(70)38-51-66(57,76)42-80-51)58(71)55(81-44(3)69)53(43(49)2)64(67,4)5/h21-29,31-36,48-52,54-57,59,70,76-77H,7-20,30,37-42H2,1-6H3,(H,68,72)/t48?,49-,50-,51+,52?,54-,55+,56+,57?,59-,65+,66-,67+/m0/s1. The first-order chi connectivity index (χ1) is 40.7. The quantitative estimate of drug-likeness (QED) is 0.0228. The van der Waals surface area contributed by atoms with Crippen molar-refractivity contribution in [1.29, 1.82) is 0 Å². The van der Waals surface area contributed by atoms with Gasteiger partial charge in [-0.15, -0.1) is 0 Å². The van der Waals surface area contributed by atoms with E-state index in [0.717, 1.165) is 26.2 Å². The Morgan fingerprint density at radius 1 is 0.729 bits per heavy atom. The van der Waals surface area contributed by atoms with Gasteiger partial charge >= 0.3 is 24.1 Å². The van der Waals surface area contributed by atoms with Crippen molar-refractivity contribution in [1.82, 2.24) is 5.32 Å². The fraction of sp³-hybridized carbons (Fsp3) is 0.612. The zero-order valence-corrected chi connectivity index (χ0v) is 50.3. The molecule has 2 aliphatic heterocycles. The number of aliphatic hydroxyl groups excluding tert-OH is 1. The highest BCUT2D eigenvalue weighted by atomic mass is 16.8. The van der Waals surface area contributed by atoms with E-state index >= 15 is 9.59 Å². The zero-order valence-electron chi connectivity index (χ0n) is 50.3. The Balaban J connectivity index is 1.03. The predicted octanol–water partition coefficient (Wildman–Crippen LogP) is 10.3. The minimum Gasteiger partial charge on any atom is -0.455 e. The van der Waals surface area contributed by atoms with Crippen molar-refractivity contribution < 1.29 is 82.0 Å². The van der Waals surface area contributed by atoms with E-state index in [1.165, 1.54) is 103 Å². The molecule has 464 valence electrons. The summed E-state index contributed by atoms with van der Waals surface area (Å²) in [5, 5.41) is 41.6. The van der Waals surface area contributed by atoms with Crippen molar-refractivity contribution in [3.05, 3.63) is 119 Å². The van der Waals surface area contributed by atoms with Gasteiger partial charge in [-0.3, -0.25) is 14.4 Å². The van der Waals surface area contributed by atoms with Crippen molar-refractivity contribution in [2.24, 2.45) is 16.7 Å². The number of nitrogens with one attached hydrogen (secondary N) is 1. The number of unbranched alkanes of at least 4 members (excludes halogenated alkanes) is 14. The number of hydrogen-bond donors (Lipinski definition) is 4. The summed E-state index contributed by atoms with van der Waals surface area (Å²) in [7, 11) is 0. The molecule has 13 atom stereocenters. The maximum absolute atomic E-state index is 15.6. The largest absolute Gasteiger partial charge is 0.509 e. The van der Waals surface area contributed by atoms with Crippen LogP contribution in [0.1, 0.15) is 189 Å². The highest BCUT2D eigenvalue weighted by Crippen LogP contribution is 2.63. The molecule has 8 rings (SSSR count). The van der Waals surface area contributed by atoms with E-state index in [1.807, 2.05) is 0 Å². The van der Waals surface area contributed by atoms with E-state index < -0.39 is 125 Å². The van der Waals surface area contributed by atoms with E-state index in [2.05, 4.69) is 12.2 Å². The number of ether oxygens (including phenoxy) is 8. The topological polar surface area (TPSA) is 249 Å². The van der Waals surface area contributed by atoms with Crippen LogP contribution < -0.4 is 5.32 Å². The zero-order chi connectivity index (χ0) is 60.9. The molecular formula is C67H89NO17. The van der Waals surface area contributed by atoms with Gasteiger partial charge in [-0.2, -0.15) is 0 Å². The first kappa shape index (κ1) is 65.0. The van der Waals surface area contributed by atoms with Crippen molar-refractivity contribution in [3.63, 3.8) is 0 Å². The van der Waals surface area contributed by atoms with Gasteiger partial charge in [0.05, 0.1) is 36.4 Å². The van der Waals surface area contributed by atoms with Gasteiger partial charge in [-0.25, -0.2) is 14.4 Å². The second-order valence-corrected chi connectivity index (χ2v) is 24.7. The second-order valence-electron chi connectivity index (χ2n) is 24.7. The number of benzene rings is 3. The lowest BCUT2D eigenvalue weighted by Gasteiger charge is -2.66. The molecule has 5 aliphatic rings. The average molecular weight is 1180 g/mol. The van der Waals surface area contributed by atoms with Crippen molar-refractivity contribution in [2.75, 3.05) is 19.8 Å². The van der Waals surface area contributed by atoms with Crippen molar-refractivity contribution in [3.8, 4) is 0 Å². The molecule has 4 N–H and O–H groups in total. The molecule has 2 saturated carbocycles. The maximum atomic E-state index is 15.6. The molecule has 85 heavy (non-hydrogen) atoms. The molecule has 3 aromatic rings. The number of ketones is 1. The SMILES string of the molecule is CCCCCCCCCCCCCCCCCC1OCC(COC(=O)O[C@@H](C(=O)O[C@H]2C[C@@]3(O)[C@@H](OC(=O)c4ccccc4)C4[C@]5(O)CO[C@@H]5C[C@H](O)[C@@]4(C)C(=O)[C@H](OC(C)=O)C(=C2C)C3(C)C)[C@@H](NC(=O)c2ccccc2)c2ccccc2)O1. The average Bonchev–Trinajstić information content (AvgIpc) is 0.862. The van der Waals surface area contributed by atoms with Crippen LogP contribution in [0.25, 0.3) is 0 Å². The Bertz CT molecular complexity index is 2770. The molecule has 3 unspecified atom stereocenters. The minimum atomic E-state index is -2.45. The van der Waals surface area contributed by atoms with Crippen LogP contribution in [-0.4, -0.2) is 131 Å². The number of amides is 1. The molecule has 0 aromatic heterocycles. The Hall–Kier alpha value is -6.02. The summed E-state index contributed by atoms with van der Waals surface area (Å²) in [6, 6.07) is 22.9. The van der Waals surface area contributed by atoms with Gasteiger partial charge in [-0.1, -0.05) is 177 Å². The van der Waals surface area contributed by atoms with Crippen LogP contribution in [0.4, 0.5) is 4.79 Å². The summed E-state index contributed by atoms with van der Waals surface area (Å²) < 4.78 is 48.2. The molecular weight excluding hydrogens is 1090 g/mol. The number of carbonyl (C=O) groups excluding carboxylic acids is 6. The molecule has 3 aromatic carbocycles. The third-order valence-corrected chi connectivity index (χ3v) is 18.6. The van der Waals surface area contributed by atoms with E-state index in [-0.39, 0.29) is 48.5 Å². The van der Waals surface area contributed by atoms with Crippen LogP contribution in [0.5, 0.6) is 0 Å². The van der Waals surface area contributed by atoms with E-state index in [9.17, 15) is 34.5 Å². The Morgan fingerprint density at radius 3 is 1.86 bits per heavy atom. The lowest BCUT2D eigenvalue weighted by Crippen LogP contribution is -2.81. The van der Waals surface area contributed by atoms with Crippen LogP contribution >= 0.6 is 0 Å². The molecule has 18 heteroatoms. The van der Waals surface area contributed by atoms with Gasteiger partial charge in [0.1, 0.15) is 42.2 Å².